The molecular weight excluding hydrogens is 192 g/mol. The van der Waals surface area contributed by atoms with Crippen molar-refractivity contribution in [3.8, 4) is 0 Å². The van der Waals surface area contributed by atoms with Gasteiger partial charge in [0.25, 0.3) is 5.91 Å². The van der Waals surface area contributed by atoms with E-state index in [0.717, 1.165) is 19.3 Å². The number of urea groups is 1. The zero-order chi connectivity index (χ0) is 11.1. The molecule has 0 aromatic heterocycles. The first-order valence-corrected chi connectivity index (χ1v) is 5.31. The SMILES string of the molecule is CN1C(=O)NC(=O)C1(C)C1CC=CCC1. The van der Waals surface area contributed by atoms with Gasteiger partial charge in [0.1, 0.15) is 5.54 Å². The predicted molar refractivity (Wildman–Crippen MR) is 56.2 cm³/mol. The number of carbonyl (C=O) groups excluding carboxylic acids is 2. The van der Waals surface area contributed by atoms with E-state index >= 15 is 0 Å². The molecule has 1 saturated heterocycles. The highest BCUT2D eigenvalue weighted by Crippen LogP contribution is 2.35. The lowest BCUT2D eigenvalue weighted by atomic mass is 9.77. The number of likely N-dealkylation sites (N-methyl/N-ethyl adjacent to an activating group) is 1. The van der Waals surface area contributed by atoms with Gasteiger partial charge in [0.2, 0.25) is 0 Å². The number of hydrogen-bond donors (Lipinski definition) is 1. The third kappa shape index (κ3) is 1.35. The molecule has 0 spiro atoms. The van der Waals surface area contributed by atoms with Crippen LogP contribution in [0.25, 0.3) is 0 Å². The van der Waals surface area contributed by atoms with Crippen molar-refractivity contribution in [2.45, 2.75) is 31.7 Å². The number of carbonyl (C=O) groups is 2. The minimum absolute atomic E-state index is 0.157. The Kier molecular flexibility index (Phi) is 2.29. The fourth-order valence-electron chi connectivity index (χ4n) is 2.43. The standard InChI is InChI=1S/C11H16N2O2/c1-11(8-6-4-3-5-7-8)9(14)12-10(15)13(11)2/h3-4,8H,5-7H2,1-2H3,(H,12,14,15). The smallest absolute Gasteiger partial charge is 0.313 e. The number of hydrogen-bond acceptors (Lipinski definition) is 2. The summed E-state index contributed by atoms with van der Waals surface area (Å²) in [6.07, 6.45) is 7.08. The summed E-state index contributed by atoms with van der Waals surface area (Å²) >= 11 is 0. The predicted octanol–water partition coefficient (Wildman–Crippen LogP) is 1.28. The van der Waals surface area contributed by atoms with Gasteiger partial charge in [-0.2, -0.15) is 0 Å². The molecule has 0 saturated carbocycles. The van der Waals surface area contributed by atoms with E-state index in [2.05, 4.69) is 17.5 Å². The van der Waals surface area contributed by atoms with Crippen LogP contribution >= 0.6 is 0 Å². The topological polar surface area (TPSA) is 49.4 Å². The molecule has 1 fully saturated rings. The molecule has 2 rings (SSSR count). The van der Waals surface area contributed by atoms with Crippen LogP contribution in [0, 0.1) is 5.92 Å². The van der Waals surface area contributed by atoms with Crippen molar-refractivity contribution < 1.29 is 9.59 Å². The van der Waals surface area contributed by atoms with Crippen LogP contribution in [0.4, 0.5) is 4.79 Å². The Morgan fingerprint density at radius 1 is 1.47 bits per heavy atom. The maximum atomic E-state index is 11.8. The van der Waals surface area contributed by atoms with Gasteiger partial charge >= 0.3 is 6.03 Å². The third-order valence-corrected chi connectivity index (χ3v) is 3.75. The van der Waals surface area contributed by atoms with Crippen LogP contribution in [0.5, 0.6) is 0 Å². The molecule has 15 heavy (non-hydrogen) atoms. The van der Waals surface area contributed by atoms with Crippen LogP contribution in [0.3, 0.4) is 0 Å². The molecule has 2 aliphatic rings. The Balaban J connectivity index is 2.28. The van der Waals surface area contributed by atoms with Crippen molar-refractivity contribution in [1.82, 2.24) is 10.2 Å². The van der Waals surface area contributed by atoms with E-state index in [0.29, 0.717) is 0 Å². The second-order valence-corrected chi connectivity index (χ2v) is 4.45. The summed E-state index contributed by atoms with van der Waals surface area (Å²) in [5.74, 6) is 0.0780. The quantitative estimate of drug-likeness (QED) is 0.521. The van der Waals surface area contributed by atoms with Crippen molar-refractivity contribution in [2.24, 2.45) is 5.92 Å². The van der Waals surface area contributed by atoms with Crippen molar-refractivity contribution in [3.63, 3.8) is 0 Å². The summed E-state index contributed by atoms with van der Waals surface area (Å²) in [4.78, 5) is 24.8. The zero-order valence-corrected chi connectivity index (χ0v) is 9.12. The molecule has 4 nitrogen and oxygen atoms in total. The Morgan fingerprint density at radius 2 is 2.20 bits per heavy atom. The summed E-state index contributed by atoms with van der Waals surface area (Å²) < 4.78 is 0. The Bertz CT molecular complexity index is 337. The molecule has 1 N–H and O–H groups in total. The summed E-state index contributed by atoms with van der Waals surface area (Å²) in [6, 6.07) is -0.281. The van der Waals surface area contributed by atoms with Crippen LogP contribution in [0.1, 0.15) is 26.2 Å². The molecule has 1 heterocycles. The highest BCUT2D eigenvalue weighted by atomic mass is 16.2. The van der Waals surface area contributed by atoms with Gasteiger partial charge in [-0.25, -0.2) is 4.79 Å². The number of rotatable bonds is 1. The number of imide groups is 1. The van der Waals surface area contributed by atoms with Gasteiger partial charge in [-0.05, 0) is 32.1 Å². The van der Waals surface area contributed by atoms with Crippen molar-refractivity contribution in [3.05, 3.63) is 12.2 Å². The summed E-state index contributed by atoms with van der Waals surface area (Å²) in [5.41, 5.74) is -0.665. The van der Waals surface area contributed by atoms with Gasteiger partial charge in [0, 0.05) is 7.05 Å². The van der Waals surface area contributed by atoms with Crippen LogP contribution in [0.2, 0.25) is 0 Å². The third-order valence-electron chi connectivity index (χ3n) is 3.75. The van der Waals surface area contributed by atoms with Crippen LogP contribution in [-0.4, -0.2) is 29.4 Å². The Morgan fingerprint density at radius 3 is 2.67 bits per heavy atom. The van der Waals surface area contributed by atoms with Gasteiger partial charge < -0.3 is 4.90 Å². The lowest BCUT2D eigenvalue weighted by Crippen LogP contribution is -2.51. The fourth-order valence-corrected chi connectivity index (χ4v) is 2.43. The van der Waals surface area contributed by atoms with E-state index in [1.54, 1.807) is 11.9 Å². The first kappa shape index (κ1) is 10.2. The second kappa shape index (κ2) is 3.36. The Labute approximate surface area is 89.3 Å². The van der Waals surface area contributed by atoms with E-state index in [-0.39, 0.29) is 17.9 Å². The van der Waals surface area contributed by atoms with E-state index in [4.69, 9.17) is 0 Å². The van der Waals surface area contributed by atoms with Crippen LogP contribution in [-0.2, 0) is 4.79 Å². The molecule has 1 aliphatic carbocycles. The number of nitrogens with zero attached hydrogens (tertiary/aromatic N) is 1. The van der Waals surface area contributed by atoms with E-state index < -0.39 is 5.54 Å². The summed E-state index contributed by atoms with van der Waals surface area (Å²) in [7, 11) is 1.69. The van der Waals surface area contributed by atoms with Crippen molar-refractivity contribution >= 4 is 11.9 Å². The molecule has 3 amide bonds. The average Bonchev–Trinajstić information content (AvgIpc) is 2.45. The largest absolute Gasteiger partial charge is 0.324 e. The molecular formula is C11H16N2O2. The molecule has 4 heteroatoms. The normalized spacial score (nSPS) is 35.9. The molecule has 2 unspecified atom stereocenters. The highest BCUT2D eigenvalue weighted by Gasteiger charge is 2.51. The molecule has 0 aromatic carbocycles. The number of nitrogens with one attached hydrogen (secondary N) is 1. The summed E-state index contributed by atoms with van der Waals surface area (Å²) in [5, 5.41) is 2.38. The lowest BCUT2D eigenvalue weighted by molar-refractivity contribution is -0.128. The van der Waals surface area contributed by atoms with Crippen molar-refractivity contribution in [2.75, 3.05) is 7.05 Å². The number of allylic oxidation sites excluding steroid dienone is 2. The monoisotopic (exact) mass is 208 g/mol. The van der Waals surface area contributed by atoms with E-state index in [1.165, 1.54) is 0 Å². The van der Waals surface area contributed by atoms with Gasteiger partial charge in [-0.1, -0.05) is 12.2 Å². The van der Waals surface area contributed by atoms with E-state index in [1.807, 2.05) is 6.92 Å². The minimum atomic E-state index is -0.665. The second-order valence-electron chi connectivity index (χ2n) is 4.45. The van der Waals surface area contributed by atoms with Crippen LogP contribution in [0.15, 0.2) is 12.2 Å². The lowest BCUT2D eigenvalue weighted by Gasteiger charge is -2.37. The first-order valence-electron chi connectivity index (χ1n) is 5.31. The fraction of sp³-hybridized carbons (Fsp3) is 0.636. The Hall–Kier alpha value is -1.32. The maximum absolute atomic E-state index is 11.8. The van der Waals surface area contributed by atoms with Gasteiger partial charge in [0.15, 0.2) is 0 Å². The van der Waals surface area contributed by atoms with Crippen LogP contribution < -0.4 is 5.32 Å². The molecule has 0 radical (unpaired) electrons. The molecule has 82 valence electrons. The summed E-state index contributed by atoms with van der Waals surface area (Å²) in [6.45, 7) is 1.86. The van der Waals surface area contributed by atoms with Gasteiger partial charge in [-0.15, -0.1) is 0 Å². The molecule has 0 bridgehead atoms. The zero-order valence-electron chi connectivity index (χ0n) is 9.12. The van der Waals surface area contributed by atoms with Crippen molar-refractivity contribution in [1.29, 1.82) is 0 Å². The highest BCUT2D eigenvalue weighted by molar-refractivity contribution is 6.06. The van der Waals surface area contributed by atoms with Gasteiger partial charge in [0.05, 0.1) is 0 Å². The minimum Gasteiger partial charge on any atom is -0.313 e. The number of amides is 3. The molecule has 0 aromatic rings. The average molecular weight is 208 g/mol. The van der Waals surface area contributed by atoms with E-state index in [9.17, 15) is 9.59 Å². The maximum Gasteiger partial charge on any atom is 0.324 e. The van der Waals surface area contributed by atoms with Gasteiger partial charge in [-0.3, -0.25) is 10.1 Å². The first-order chi connectivity index (χ1) is 7.06. The molecule has 1 aliphatic heterocycles. The molecule has 2 atom stereocenters.